The third kappa shape index (κ3) is 3.56. The zero-order valence-corrected chi connectivity index (χ0v) is 15.9. The van der Waals surface area contributed by atoms with Crippen LogP contribution in [0.5, 0.6) is 0 Å². The Hall–Kier alpha value is -0.280. The Labute approximate surface area is 153 Å². The molecule has 1 aromatic rings. The van der Waals surface area contributed by atoms with Crippen molar-refractivity contribution in [2.45, 2.75) is 32.2 Å². The highest BCUT2D eigenvalue weighted by molar-refractivity contribution is 5.85. The van der Waals surface area contributed by atoms with Crippen molar-refractivity contribution in [3.8, 4) is 0 Å². The third-order valence-corrected chi connectivity index (χ3v) is 6.22. The van der Waals surface area contributed by atoms with Crippen molar-refractivity contribution >= 4 is 24.8 Å². The van der Waals surface area contributed by atoms with E-state index in [-0.39, 0.29) is 24.8 Å². The molecule has 0 amide bonds. The molecule has 2 nitrogen and oxygen atoms in total. The number of nitrogens with zero attached hydrogens (tertiary/aromatic N) is 2. The molecular formula is C19H30Cl2N2. The summed E-state index contributed by atoms with van der Waals surface area (Å²) in [5, 5.41) is 0. The molecule has 0 radical (unpaired) electrons. The molecule has 0 aromatic heterocycles. The van der Waals surface area contributed by atoms with Gasteiger partial charge in [0.25, 0.3) is 0 Å². The molecule has 0 bridgehead atoms. The molecule has 1 saturated carbocycles. The second-order valence-corrected chi connectivity index (χ2v) is 7.68. The lowest BCUT2D eigenvalue weighted by atomic mass is 9.85. The topological polar surface area (TPSA) is 6.48 Å². The smallest absolute Gasteiger partial charge is 0.0391 e. The number of hydrogen-bond donors (Lipinski definition) is 0. The molecule has 4 rings (SSSR count). The molecular weight excluding hydrogens is 327 g/mol. The molecule has 2 saturated heterocycles. The molecule has 3 atom stereocenters. The molecule has 23 heavy (non-hydrogen) atoms. The number of benzene rings is 1. The van der Waals surface area contributed by atoms with Gasteiger partial charge in [0.15, 0.2) is 0 Å². The van der Waals surface area contributed by atoms with E-state index in [1.165, 1.54) is 51.0 Å². The molecule has 0 N–H and O–H groups in total. The second-order valence-electron chi connectivity index (χ2n) is 7.68. The van der Waals surface area contributed by atoms with E-state index in [0.717, 1.165) is 17.8 Å². The molecule has 1 aliphatic carbocycles. The van der Waals surface area contributed by atoms with Crippen LogP contribution < -0.4 is 0 Å². The summed E-state index contributed by atoms with van der Waals surface area (Å²) in [5.74, 6) is 2.74. The second kappa shape index (κ2) is 7.74. The normalized spacial score (nSPS) is 31.1. The van der Waals surface area contributed by atoms with Crippen LogP contribution in [0.4, 0.5) is 0 Å². The van der Waals surface area contributed by atoms with Crippen molar-refractivity contribution in [2.75, 3.05) is 33.2 Å². The lowest BCUT2D eigenvalue weighted by Gasteiger charge is -2.32. The monoisotopic (exact) mass is 356 g/mol. The number of aryl methyl sites for hydroxylation is 1. The summed E-state index contributed by atoms with van der Waals surface area (Å²) >= 11 is 0. The van der Waals surface area contributed by atoms with E-state index < -0.39 is 0 Å². The first-order chi connectivity index (χ1) is 10.2. The van der Waals surface area contributed by atoms with Crippen molar-refractivity contribution in [3.63, 3.8) is 0 Å². The number of hydrogen-bond acceptors (Lipinski definition) is 2. The number of rotatable bonds is 3. The van der Waals surface area contributed by atoms with Crippen LogP contribution in [0.3, 0.4) is 0 Å². The minimum absolute atomic E-state index is 0. The van der Waals surface area contributed by atoms with Gasteiger partial charge >= 0.3 is 0 Å². The van der Waals surface area contributed by atoms with Crippen LogP contribution >= 0.6 is 24.8 Å². The van der Waals surface area contributed by atoms with Gasteiger partial charge in [0.1, 0.15) is 0 Å². The van der Waals surface area contributed by atoms with Gasteiger partial charge in [0.2, 0.25) is 0 Å². The highest BCUT2D eigenvalue weighted by Gasteiger charge is 2.46. The van der Waals surface area contributed by atoms with Gasteiger partial charge in [-0.05, 0) is 55.7 Å². The first kappa shape index (κ1) is 19.1. The van der Waals surface area contributed by atoms with Crippen LogP contribution in [0.1, 0.15) is 36.4 Å². The van der Waals surface area contributed by atoms with Crippen LogP contribution in [0, 0.1) is 24.7 Å². The van der Waals surface area contributed by atoms with Crippen molar-refractivity contribution < 1.29 is 0 Å². The maximum Gasteiger partial charge on any atom is 0.0391 e. The van der Waals surface area contributed by atoms with Crippen LogP contribution in [-0.2, 0) is 0 Å². The van der Waals surface area contributed by atoms with Crippen molar-refractivity contribution in [1.82, 2.24) is 9.80 Å². The fourth-order valence-electron chi connectivity index (χ4n) is 4.93. The van der Waals surface area contributed by atoms with E-state index in [1.807, 2.05) is 0 Å². The Balaban J connectivity index is 0.000000960. The summed E-state index contributed by atoms with van der Waals surface area (Å²) in [6, 6.07) is 9.65. The first-order valence-corrected chi connectivity index (χ1v) is 8.70. The minimum Gasteiger partial charge on any atom is -0.302 e. The first-order valence-electron chi connectivity index (χ1n) is 8.70. The van der Waals surface area contributed by atoms with E-state index in [9.17, 15) is 0 Å². The minimum atomic E-state index is 0. The van der Waals surface area contributed by atoms with Gasteiger partial charge < -0.3 is 4.90 Å². The van der Waals surface area contributed by atoms with Gasteiger partial charge in [0, 0.05) is 32.2 Å². The molecule has 130 valence electrons. The van der Waals surface area contributed by atoms with Crippen molar-refractivity contribution in [2.24, 2.45) is 17.8 Å². The summed E-state index contributed by atoms with van der Waals surface area (Å²) in [4.78, 5) is 5.38. The van der Waals surface area contributed by atoms with E-state index in [0.29, 0.717) is 6.04 Å². The van der Waals surface area contributed by atoms with Crippen LogP contribution in [0.25, 0.3) is 0 Å². The van der Waals surface area contributed by atoms with Gasteiger partial charge in [0.05, 0.1) is 0 Å². The van der Waals surface area contributed by atoms with E-state index in [4.69, 9.17) is 0 Å². The fraction of sp³-hybridized carbons (Fsp3) is 0.684. The molecule has 4 heteroatoms. The van der Waals surface area contributed by atoms with Gasteiger partial charge in [-0.1, -0.05) is 30.7 Å². The standard InChI is InChI=1S/C19H28N2.2ClH/c1-14-6-3-4-9-17(14)19-18-13-21(10-15-7-5-8-15)12-16(18)11-20(19)2;;/h3-4,6,9,15-16,18-19H,5,7-8,10-13H2,1-2H3;2*1H/t16-,18+,19-;;/m0../s1. The largest absolute Gasteiger partial charge is 0.302 e. The maximum absolute atomic E-state index is 2.78. The molecule has 0 spiro atoms. The summed E-state index contributed by atoms with van der Waals surface area (Å²) in [5.41, 5.74) is 3.03. The quantitative estimate of drug-likeness (QED) is 0.801. The Bertz CT molecular complexity index is 518. The summed E-state index contributed by atoms with van der Waals surface area (Å²) < 4.78 is 0. The van der Waals surface area contributed by atoms with Gasteiger partial charge in [-0.3, -0.25) is 4.90 Å². The maximum atomic E-state index is 2.78. The van der Waals surface area contributed by atoms with Gasteiger partial charge in [-0.2, -0.15) is 0 Å². The Morgan fingerprint density at radius 3 is 2.43 bits per heavy atom. The Morgan fingerprint density at radius 2 is 1.78 bits per heavy atom. The average Bonchev–Trinajstić information content (AvgIpc) is 2.91. The molecule has 1 aromatic carbocycles. The summed E-state index contributed by atoms with van der Waals surface area (Å²) in [6.07, 6.45) is 4.43. The predicted octanol–water partition coefficient (Wildman–Crippen LogP) is 4.17. The zero-order valence-electron chi connectivity index (χ0n) is 14.3. The van der Waals surface area contributed by atoms with Crippen LogP contribution in [-0.4, -0.2) is 43.0 Å². The van der Waals surface area contributed by atoms with Crippen LogP contribution in [0.15, 0.2) is 24.3 Å². The van der Waals surface area contributed by atoms with Crippen molar-refractivity contribution in [1.29, 1.82) is 0 Å². The number of fused-ring (bicyclic) bond motifs is 1. The molecule has 0 unspecified atom stereocenters. The summed E-state index contributed by atoms with van der Waals surface area (Å²) in [6.45, 7) is 7.60. The lowest BCUT2D eigenvalue weighted by Crippen LogP contribution is -2.34. The lowest BCUT2D eigenvalue weighted by molar-refractivity contribution is 0.175. The van der Waals surface area contributed by atoms with Gasteiger partial charge in [-0.25, -0.2) is 0 Å². The van der Waals surface area contributed by atoms with E-state index in [1.54, 1.807) is 5.56 Å². The highest BCUT2D eigenvalue weighted by atomic mass is 35.5. The molecule has 3 fully saturated rings. The van der Waals surface area contributed by atoms with Gasteiger partial charge in [-0.15, -0.1) is 24.8 Å². The summed E-state index contributed by atoms with van der Waals surface area (Å²) in [7, 11) is 2.33. The molecule has 3 aliphatic rings. The zero-order chi connectivity index (χ0) is 14.4. The van der Waals surface area contributed by atoms with E-state index >= 15 is 0 Å². The molecule has 2 heterocycles. The molecule has 2 aliphatic heterocycles. The average molecular weight is 357 g/mol. The Kier molecular flexibility index (Phi) is 6.41. The predicted molar refractivity (Wildman–Crippen MR) is 102 cm³/mol. The third-order valence-electron chi connectivity index (χ3n) is 6.22. The fourth-order valence-corrected chi connectivity index (χ4v) is 4.93. The Morgan fingerprint density at radius 1 is 1.04 bits per heavy atom. The van der Waals surface area contributed by atoms with Crippen molar-refractivity contribution in [3.05, 3.63) is 35.4 Å². The number of likely N-dealkylation sites (tertiary alicyclic amines) is 2. The number of halogens is 2. The van der Waals surface area contributed by atoms with Crippen LogP contribution in [0.2, 0.25) is 0 Å². The van der Waals surface area contributed by atoms with E-state index in [2.05, 4.69) is 48.0 Å². The SMILES string of the molecule is Cc1ccccc1[C@H]1[C@@H]2CN(CC3CCC3)C[C@@H]2CN1C.Cl.Cl. The highest BCUT2D eigenvalue weighted by Crippen LogP contribution is 2.45.